The summed E-state index contributed by atoms with van der Waals surface area (Å²) in [7, 11) is 1.53. The van der Waals surface area contributed by atoms with Crippen LogP contribution >= 0.6 is 11.6 Å². The number of hydrogen-bond donors (Lipinski definition) is 1. The third-order valence-electron chi connectivity index (χ3n) is 3.10. The Balaban J connectivity index is 2.37. The molecule has 104 valence electrons. The molecule has 0 saturated carbocycles. The van der Waals surface area contributed by atoms with E-state index in [0.29, 0.717) is 33.3 Å². The highest BCUT2D eigenvalue weighted by atomic mass is 35.5. The molecule has 0 amide bonds. The predicted molar refractivity (Wildman–Crippen MR) is 81.2 cm³/mol. The first-order chi connectivity index (χ1) is 10.2. The lowest BCUT2D eigenvalue weighted by Gasteiger charge is -2.08. The normalized spacial score (nSPS) is 10.5. The first-order valence-electron chi connectivity index (χ1n) is 6.06. The number of ether oxygens (including phenoxy) is 1. The van der Waals surface area contributed by atoms with Crippen molar-refractivity contribution < 1.29 is 4.74 Å². The van der Waals surface area contributed by atoms with Gasteiger partial charge in [0.25, 0.3) is 5.56 Å². The zero-order valence-electron chi connectivity index (χ0n) is 11.1. The molecule has 5 nitrogen and oxygen atoms in total. The van der Waals surface area contributed by atoms with E-state index < -0.39 is 0 Å². The molecule has 0 aliphatic carbocycles. The van der Waals surface area contributed by atoms with Gasteiger partial charge in [0.05, 0.1) is 23.3 Å². The molecule has 0 fully saturated rings. The number of fused-ring (bicyclic) bond motifs is 1. The van der Waals surface area contributed by atoms with Gasteiger partial charge in [0.1, 0.15) is 11.3 Å². The van der Waals surface area contributed by atoms with E-state index in [1.54, 1.807) is 28.8 Å². The number of hydrogen-bond acceptors (Lipinski definition) is 3. The number of nitrogens with one attached hydrogen (secondary N) is 1. The van der Waals surface area contributed by atoms with Crippen LogP contribution in [0.5, 0.6) is 5.75 Å². The molecule has 21 heavy (non-hydrogen) atoms. The summed E-state index contributed by atoms with van der Waals surface area (Å²) in [5.41, 5.74) is 1.28. The van der Waals surface area contributed by atoms with Crippen LogP contribution in [0.25, 0.3) is 16.7 Å². The van der Waals surface area contributed by atoms with Gasteiger partial charge in [0.15, 0.2) is 5.82 Å². The fourth-order valence-electron chi connectivity index (χ4n) is 2.18. The zero-order chi connectivity index (χ0) is 15.0. The SMILES string of the molecule is C#Cc1nc2cc[nH]c(=O)c2n1-c1ccc(OC)c(Cl)c1. The summed E-state index contributed by atoms with van der Waals surface area (Å²) in [4.78, 5) is 19.0. The quantitative estimate of drug-likeness (QED) is 0.739. The Kier molecular flexibility index (Phi) is 3.16. The summed E-state index contributed by atoms with van der Waals surface area (Å²) in [6, 6.07) is 6.84. The van der Waals surface area contributed by atoms with E-state index in [2.05, 4.69) is 15.9 Å². The van der Waals surface area contributed by atoms with E-state index in [9.17, 15) is 4.79 Å². The van der Waals surface area contributed by atoms with Crippen LogP contribution in [0.2, 0.25) is 5.02 Å². The molecule has 6 heteroatoms. The van der Waals surface area contributed by atoms with Crippen LogP contribution in [0.3, 0.4) is 0 Å². The van der Waals surface area contributed by atoms with Gasteiger partial charge in [-0.3, -0.25) is 9.36 Å². The second-order valence-electron chi connectivity index (χ2n) is 4.27. The number of terminal acetylenes is 1. The Labute approximate surface area is 125 Å². The molecule has 0 aliphatic rings. The number of benzene rings is 1. The maximum atomic E-state index is 12.1. The number of aromatic amines is 1. The number of rotatable bonds is 2. The number of methoxy groups -OCH3 is 1. The first-order valence-corrected chi connectivity index (χ1v) is 6.44. The molecule has 0 atom stereocenters. The number of imidazole rings is 1. The average Bonchev–Trinajstić information content (AvgIpc) is 2.87. The zero-order valence-corrected chi connectivity index (χ0v) is 11.8. The monoisotopic (exact) mass is 299 g/mol. The molecule has 0 radical (unpaired) electrons. The summed E-state index contributed by atoms with van der Waals surface area (Å²) in [6.45, 7) is 0. The molecule has 0 bridgehead atoms. The van der Waals surface area contributed by atoms with Crippen LogP contribution in [0.1, 0.15) is 5.82 Å². The second-order valence-corrected chi connectivity index (χ2v) is 4.68. The maximum Gasteiger partial charge on any atom is 0.274 e. The minimum atomic E-state index is -0.270. The van der Waals surface area contributed by atoms with Crippen molar-refractivity contribution >= 4 is 22.6 Å². The van der Waals surface area contributed by atoms with Crippen molar-refractivity contribution in [2.75, 3.05) is 7.11 Å². The van der Waals surface area contributed by atoms with E-state index in [-0.39, 0.29) is 5.56 Å². The molecule has 3 rings (SSSR count). The molecule has 0 aliphatic heterocycles. The van der Waals surface area contributed by atoms with Crippen molar-refractivity contribution in [1.82, 2.24) is 14.5 Å². The van der Waals surface area contributed by atoms with Gasteiger partial charge in [-0.1, -0.05) is 11.6 Å². The molecule has 1 N–H and O–H groups in total. The summed E-state index contributed by atoms with van der Waals surface area (Å²) in [5, 5.41) is 0.423. The van der Waals surface area contributed by atoms with Crippen LogP contribution in [0, 0.1) is 12.3 Å². The summed E-state index contributed by atoms with van der Waals surface area (Å²) in [6.07, 6.45) is 7.02. The number of pyridine rings is 1. The summed E-state index contributed by atoms with van der Waals surface area (Å²) in [5.74, 6) is 3.36. The predicted octanol–water partition coefficient (Wildman–Crippen LogP) is 2.36. The highest BCUT2D eigenvalue weighted by molar-refractivity contribution is 6.32. The molecule has 2 aromatic heterocycles. The van der Waals surface area contributed by atoms with E-state index in [1.165, 1.54) is 13.3 Å². The minimum Gasteiger partial charge on any atom is -0.495 e. The number of halogens is 1. The van der Waals surface area contributed by atoms with Gasteiger partial charge in [-0.2, -0.15) is 0 Å². The van der Waals surface area contributed by atoms with Gasteiger partial charge >= 0.3 is 0 Å². The Morgan fingerprint density at radius 3 is 2.90 bits per heavy atom. The van der Waals surface area contributed by atoms with Crippen molar-refractivity contribution in [2.24, 2.45) is 0 Å². The van der Waals surface area contributed by atoms with Crippen molar-refractivity contribution in [2.45, 2.75) is 0 Å². The lowest BCUT2D eigenvalue weighted by Crippen LogP contribution is -2.10. The lowest BCUT2D eigenvalue weighted by atomic mass is 10.3. The Hall–Kier alpha value is -2.71. The molecule has 0 saturated heterocycles. The molecule has 0 unspecified atom stereocenters. The Morgan fingerprint density at radius 2 is 2.24 bits per heavy atom. The van der Waals surface area contributed by atoms with Gasteiger partial charge in [0, 0.05) is 6.20 Å². The van der Waals surface area contributed by atoms with Crippen LogP contribution in [-0.4, -0.2) is 21.6 Å². The maximum absolute atomic E-state index is 12.1. The van der Waals surface area contributed by atoms with Gasteiger partial charge in [0.2, 0.25) is 0 Å². The minimum absolute atomic E-state index is 0.270. The number of aromatic nitrogens is 3. The average molecular weight is 300 g/mol. The van der Waals surface area contributed by atoms with E-state index in [0.717, 1.165) is 0 Å². The molecule has 0 spiro atoms. The Morgan fingerprint density at radius 1 is 1.43 bits per heavy atom. The smallest absolute Gasteiger partial charge is 0.274 e. The first kappa shape index (κ1) is 13.3. The standard InChI is InChI=1S/C15H10ClN3O2/c1-3-13-18-11-6-7-17-15(20)14(11)19(13)9-4-5-12(21-2)10(16)8-9/h1,4-8H,2H3,(H,17,20). The number of H-pyrrole nitrogens is 1. The fraction of sp³-hybridized carbons (Fsp3) is 0.0667. The topological polar surface area (TPSA) is 59.9 Å². The van der Waals surface area contributed by atoms with Crippen LogP contribution in [0.15, 0.2) is 35.3 Å². The van der Waals surface area contributed by atoms with Gasteiger partial charge < -0.3 is 9.72 Å². The lowest BCUT2D eigenvalue weighted by molar-refractivity contribution is 0.415. The third kappa shape index (κ3) is 2.06. The van der Waals surface area contributed by atoms with Crippen LogP contribution in [-0.2, 0) is 0 Å². The summed E-state index contributed by atoms with van der Waals surface area (Å²) >= 11 is 6.14. The van der Waals surface area contributed by atoms with Crippen molar-refractivity contribution in [3.05, 3.63) is 51.7 Å². The molecule has 2 heterocycles. The fourth-order valence-corrected chi connectivity index (χ4v) is 2.43. The van der Waals surface area contributed by atoms with Crippen molar-refractivity contribution in [1.29, 1.82) is 0 Å². The third-order valence-corrected chi connectivity index (χ3v) is 3.39. The van der Waals surface area contributed by atoms with Crippen LogP contribution < -0.4 is 10.3 Å². The van der Waals surface area contributed by atoms with Gasteiger partial charge in [-0.15, -0.1) is 6.42 Å². The highest BCUT2D eigenvalue weighted by Crippen LogP contribution is 2.28. The van der Waals surface area contributed by atoms with E-state index >= 15 is 0 Å². The van der Waals surface area contributed by atoms with Crippen molar-refractivity contribution in [3.8, 4) is 23.8 Å². The second kappa shape index (κ2) is 5.00. The highest BCUT2D eigenvalue weighted by Gasteiger charge is 2.15. The Bertz CT molecular complexity index is 934. The largest absolute Gasteiger partial charge is 0.495 e. The molecular weight excluding hydrogens is 290 g/mol. The van der Waals surface area contributed by atoms with Gasteiger partial charge in [-0.05, 0) is 30.2 Å². The van der Waals surface area contributed by atoms with E-state index in [4.69, 9.17) is 22.8 Å². The van der Waals surface area contributed by atoms with Gasteiger partial charge in [-0.25, -0.2) is 4.98 Å². The van der Waals surface area contributed by atoms with Crippen LogP contribution in [0.4, 0.5) is 0 Å². The number of nitrogens with zero attached hydrogens (tertiary/aromatic N) is 2. The van der Waals surface area contributed by atoms with E-state index in [1.807, 2.05) is 0 Å². The van der Waals surface area contributed by atoms with Crippen molar-refractivity contribution in [3.63, 3.8) is 0 Å². The molecular formula is C15H10ClN3O2. The molecule has 3 aromatic rings. The summed E-state index contributed by atoms with van der Waals surface area (Å²) < 4.78 is 6.72. The molecule has 1 aromatic carbocycles.